The number of carbonyl (C=O) groups is 2. The lowest BCUT2D eigenvalue weighted by molar-refractivity contribution is -0.176. The lowest BCUT2D eigenvalue weighted by Gasteiger charge is -2.49. The number of anilines is 2. The summed E-state index contributed by atoms with van der Waals surface area (Å²) in [6, 6.07) is 6.42. The molecule has 9 nitrogen and oxygen atoms in total. The first-order valence-electron chi connectivity index (χ1n) is 15.2. The van der Waals surface area contributed by atoms with Gasteiger partial charge in [-0.25, -0.2) is 14.2 Å². The van der Waals surface area contributed by atoms with Crippen LogP contribution in [0.5, 0.6) is 0 Å². The maximum atomic E-state index is 13.9. The minimum Gasteiger partial charge on any atom is -0.478 e. The summed E-state index contributed by atoms with van der Waals surface area (Å²) in [4.78, 5) is 37.6. The highest BCUT2D eigenvalue weighted by molar-refractivity contribution is 5.89. The van der Waals surface area contributed by atoms with Gasteiger partial charge in [-0.1, -0.05) is 0 Å². The van der Waals surface area contributed by atoms with Crippen LogP contribution >= 0.6 is 0 Å². The predicted octanol–water partition coefficient (Wildman–Crippen LogP) is 4.12. The Morgan fingerprint density at radius 2 is 1.77 bits per heavy atom. The van der Waals surface area contributed by atoms with Crippen molar-refractivity contribution in [1.82, 2.24) is 14.8 Å². The molecule has 1 N–H and O–H groups in total. The molecule has 0 unspecified atom stereocenters. The number of piperazine rings is 2. The van der Waals surface area contributed by atoms with E-state index in [0.29, 0.717) is 51.4 Å². The van der Waals surface area contributed by atoms with Gasteiger partial charge in [0.05, 0.1) is 17.7 Å². The van der Waals surface area contributed by atoms with Crippen LogP contribution in [0.1, 0.15) is 48.5 Å². The number of alkyl halides is 3. The van der Waals surface area contributed by atoms with Gasteiger partial charge in [0.25, 0.3) is 5.91 Å². The van der Waals surface area contributed by atoms with Gasteiger partial charge in [0, 0.05) is 69.8 Å². The Kier molecular flexibility index (Phi) is 8.20. The van der Waals surface area contributed by atoms with Crippen molar-refractivity contribution in [3.63, 3.8) is 0 Å². The van der Waals surface area contributed by atoms with Crippen molar-refractivity contribution in [2.45, 2.75) is 56.5 Å². The maximum Gasteiger partial charge on any atom is 0.416 e. The third-order valence-corrected chi connectivity index (χ3v) is 9.63. The molecule has 3 atom stereocenters. The Labute approximate surface area is 253 Å². The zero-order valence-electron chi connectivity index (χ0n) is 24.6. The van der Waals surface area contributed by atoms with Crippen molar-refractivity contribution in [2.75, 3.05) is 62.2 Å². The van der Waals surface area contributed by atoms with Gasteiger partial charge in [-0.05, 0) is 68.9 Å². The van der Waals surface area contributed by atoms with Gasteiger partial charge < -0.3 is 24.5 Å². The molecule has 4 heterocycles. The zero-order valence-corrected chi connectivity index (χ0v) is 24.6. The van der Waals surface area contributed by atoms with E-state index in [9.17, 15) is 32.3 Å². The highest BCUT2D eigenvalue weighted by Crippen LogP contribution is 2.48. The highest BCUT2D eigenvalue weighted by atomic mass is 19.4. The number of carboxylic acids is 1. The summed E-state index contributed by atoms with van der Waals surface area (Å²) in [5, 5.41) is 9.32. The van der Waals surface area contributed by atoms with Crippen LogP contribution in [-0.2, 0) is 15.7 Å². The van der Waals surface area contributed by atoms with Crippen molar-refractivity contribution < 1.29 is 37.0 Å². The molecule has 0 bridgehead atoms. The molecule has 3 saturated heterocycles. The van der Waals surface area contributed by atoms with E-state index >= 15 is 0 Å². The average Bonchev–Trinajstić information content (AvgIpc) is 3.87. The molecule has 0 radical (unpaired) electrons. The molecule has 2 aromatic rings. The van der Waals surface area contributed by atoms with Crippen LogP contribution < -0.4 is 9.80 Å². The Bertz CT molecular complexity index is 1390. The number of nitrogens with zero attached hydrogens (tertiary/aromatic N) is 5. The van der Waals surface area contributed by atoms with E-state index in [2.05, 4.69) is 21.7 Å². The molecular weight excluding hydrogens is 582 g/mol. The van der Waals surface area contributed by atoms with E-state index in [-0.39, 0.29) is 35.3 Å². The number of aromatic carboxylic acids is 1. The Hall–Kier alpha value is -3.45. The lowest BCUT2D eigenvalue weighted by atomic mass is 9.85. The van der Waals surface area contributed by atoms with Crippen molar-refractivity contribution in [3.8, 4) is 0 Å². The molecule has 4 fully saturated rings. The van der Waals surface area contributed by atoms with Gasteiger partial charge in [-0.2, -0.15) is 13.2 Å². The van der Waals surface area contributed by atoms with Crippen LogP contribution in [0.4, 0.5) is 29.1 Å². The molecule has 1 aromatic carbocycles. The quantitative estimate of drug-likeness (QED) is 0.484. The molecule has 1 saturated carbocycles. The van der Waals surface area contributed by atoms with Gasteiger partial charge in [0.2, 0.25) is 0 Å². The number of aromatic nitrogens is 1. The average molecular weight is 620 g/mol. The number of carboxylic acid groups (broad SMARTS) is 1. The van der Waals surface area contributed by atoms with Crippen LogP contribution in [0.15, 0.2) is 36.5 Å². The monoisotopic (exact) mass is 619 g/mol. The molecule has 238 valence electrons. The zero-order chi connectivity index (χ0) is 31.2. The van der Waals surface area contributed by atoms with E-state index in [1.54, 1.807) is 15.9 Å². The number of benzene rings is 1. The standard InChI is InChI=1S/C31H37F4N5O4/c1-20-18-39(14-15-40(20)23-4-5-26(32)25(17-23)28(41)42)24-6-8-30(44-19-24,21-2-3-21)29(43)38-12-10-37(11-13-38)27-16-22(7-9-36-27)31(33,34)35/h4-5,7,9,16-17,20-21,24H,2-3,6,8,10-15,18-19H2,1H3,(H,41,42)/t20-,24+,30-/m0/s1. The number of carbonyl (C=O) groups excluding carboxylic acids is 1. The maximum absolute atomic E-state index is 13.9. The third kappa shape index (κ3) is 5.95. The van der Waals surface area contributed by atoms with E-state index in [0.717, 1.165) is 44.5 Å². The second kappa shape index (κ2) is 11.8. The second-order valence-electron chi connectivity index (χ2n) is 12.4. The molecule has 13 heteroatoms. The van der Waals surface area contributed by atoms with Crippen LogP contribution in [0, 0.1) is 11.7 Å². The van der Waals surface area contributed by atoms with Crippen LogP contribution in [0.3, 0.4) is 0 Å². The minimum atomic E-state index is -4.44. The topological polar surface area (TPSA) is 89.5 Å². The second-order valence-corrected chi connectivity index (χ2v) is 12.4. The van der Waals surface area contributed by atoms with Crippen molar-refractivity contribution in [3.05, 3.63) is 53.5 Å². The molecule has 6 rings (SSSR count). The highest BCUT2D eigenvalue weighted by Gasteiger charge is 2.56. The van der Waals surface area contributed by atoms with E-state index < -0.39 is 29.1 Å². The summed E-state index contributed by atoms with van der Waals surface area (Å²) >= 11 is 0. The number of ether oxygens (including phenoxy) is 1. The summed E-state index contributed by atoms with van der Waals surface area (Å²) in [5.74, 6) is -1.62. The van der Waals surface area contributed by atoms with Gasteiger partial charge >= 0.3 is 12.1 Å². The van der Waals surface area contributed by atoms with Gasteiger partial charge in [0.1, 0.15) is 17.2 Å². The van der Waals surface area contributed by atoms with Crippen LogP contribution in [0.25, 0.3) is 0 Å². The smallest absolute Gasteiger partial charge is 0.416 e. The first-order valence-corrected chi connectivity index (χ1v) is 15.2. The lowest BCUT2D eigenvalue weighted by Crippen LogP contribution is -2.62. The fourth-order valence-electron chi connectivity index (χ4n) is 7.02. The Morgan fingerprint density at radius 1 is 1.02 bits per heavy atom. The molecule has 1 aliphatic carbocycles. The molecular formula is C31H37F4N5O4. The number of halogens is 4. The largest absolute Gasteiger partial charge is 0.478 e. The normalized spacial score (nSPS) is 27.0. The summed E-state index contributed by atoms with van der Waals surface area (Å²) in [7, 11) is 0. The number of pyridine rings is 1. The summed E-state index contributed by atoms with van der Waals surface area (Å²) in [6.07, 6.45) is 0.0333. The fourth-order valence-corrected chi connectivity index (χ4v) is 7.02. The molecule has 0 spiro atoms. The van der Waals surface area contributed by atoms with Gasteiger partial charge in [0.15, 0.2) is 0 Å². The van der Waals surface area contributed by atoms with E-state index in [1.807, 2.05) is 0 Å². The predicted molar refractivity (Wildman–Crippen MR) is 154 cm³/mol. The minimum absolute atomic E-state index is 0.0150. The van der Waals surface area contributed by atoms with E-state index in [4.69, 9.17) is 4.74 Å². The number of rotatable bonds is 6. The van der Waals surface area contributed by atoms with E-state index in [1.165, 1.54) is 18.3 Å². The third-order valence-electron chi connectivity index (χ3n) is 9.63. The summed E-state index contributed by atoms with van der Waals surface area (Å²) < 4.78 is 60.0. The van der Waals surface area contributed by atoms with Crippen molar-refractivity contribution in [2.24, 2.45) is 5.92 Å². The van der Waals surface area contributed by atoms with Crippen LogP contribution in [0.2, 0.25) is 0 Å². The van der Waals surface area contributed by atoms with Crippen molar-refractivity contribution >= 4 is 23.4 Å². The fraction of sp³-hybridized carbons (Fsp3) is 0.581. The van der Waals surface area contributed by atoms with Crippen LogP contribution in [-0.4, -0.2) is 102 Å². The molecule has 3 aliphatic heterocycles. The van der Waals surface area contributed by atoms with Gasteiger partial charge in [-0.15, -0.1) is 0 Å². The number of amides is 1. The SMILES string of the molecule is C[C@H]1CN([C@@H]2CC[C@@](C(=O)N3CCN(c4cc(C(F)(F)F)ccn4)CC3)(C3CC3)OC2)CCN1c1ccc(F)c(C(=O)O)c1. The molecule has 44 heavy (non-hydrogen) atoms. The first kappa shape index (κ1) is 30.6. The molecule has 1 amide bonds. The summed E-state index contributed by atoms with van der Waals surface area (Å²) in [6.45, 7) is 6.18. The molecule has 1 aromatic heterocycles. The van der Waals surface area contributed by atoms with Crippen molar-refractivity contribution in [1.29, 1.82) is 0 Å². The van der Waals surface area contributed by atoms with Gasteiger partial charge in [-0.3, -0.25) is 9.69 Å². The first-order chi connectivity index (χ1) is 21.0. The Balaban J connectivity index is 1.05. The number of hydrogen-bond donors (Lipinski definition) is 1. The Morgan fingerprint density at radius 3 is 2.39 bits per heavy atom. The molecule has 4 aliphatic rings. The summed E-state index contributed by atoms with van der Waals surface area (Å²) in [5.41, 5.74) is -1.26. The number of hydrogen-bond acceptors (Lipinski definition) is 7.